The molecule has 0 heterocycles. The number of hydrogen-bond acceptors (Lipinski definition) is 15. The molecule has 0 amide bonds. The Labute approximate surface area is 524 Å². The predicted octanol–water partition coefficient (Wildman–Crippen LogP) is 19.0. The summed E-state index contributed by atoms with van der Waals surface area (Å²) in [5.41, 5.74) is 0. The van der Waals surface area contributed by atoms with Crippen LogP contribution in [0.5, 0.6) is 0 Å². The quantitative estimate of drug-likeness (QED) is 0.0222. The highest BCUT2D eigenvalue weighted by Crippen LogP contribution is 2.45. The van der Waals surface area contributed by atoms with E-state index in [0.29, 0.717) is 25.7 Å². The molecule has 0 aliphatic heterocycles. The second kappa shape index (κ2) is 60.6. The summed E-state index contributed by atoms with van der Waals surface area (Å²) in [7, 11) is -9.89. The Hall–Kier alpha value is -1.94. The highest BCUT2D eigenvalue weighted by molar-refractivity contribution is 7.47. The maximum Gasteiger partial charge on any atom is 0.472 e. The average molecular weight is 1270 g/mol. The smallest absolute Gasteiger partial charge is 0.462 e. The van der Waals surface area contributed by atoms with Crippen molar-refractivity contribution in [3.05, 3.63) is 0 Å². The van der Waals surface area contributed by atoms with E-state index in [1.165, 1.54) is 154 Å². The molecule has 0 aliphatic rings. The number of hydrogen-bond donors (Lipinski definition) is 3. The molecule has 5 atom stereocenters. The van der Waals surface area contributed by atoms with Crippen molar-refractivity contribution in [1.29, 1.82) is 0 Å². The van der Waals surface area contributed by atoms with Crippen LogP contribution in [0.1, 0.15) is 343 Å². The van der Waals surface area contributed by atoms with Crippen molar-refractivity contribution in [2.45, 2.75) is 361 Å². The van der Waals surface area contributed by atoms with Crippen LogP contribution in [0.3, 0.4) is 0 Å². The fourth-order valence-electron chi connectivity index (χ4n) is 10.1. The monoisotopic (exact) mass is 1270 g/mol. The minimum absolute atomic E-state index is 0.104. The molecule has 0 bridgehead atoms. The Morgan fingerprint density at radius 3 is 0.791 bits per heavy atom. The van der Waals surface area contributed by atoms with Gasteiger partial charge in [0, 0.05) is 25.7 Å². The molecule has 0 aromatic carbocycles. The molecular weight excluding hydrogens is 1140 g/mol. The predicted molar refractivity (Wildman–Crippen MR) is 345 cm³/mol. The summed E-state index contributed by atoms with van der Waals surface area (Å²) in [6, 6.07) is 0. The maximum absolute atomic E-state index is 13.0. The molecule has 3 N–H and O–H groups in total. The second-order valence-electron chi connectivity index (χ2n) is 24.7. The van der Waals surface area contributed by atoms with Gasteiger partial charge in [0.1, 0.15) is 19.3 Å². The maximum atomic E-state index is 13.0. The molecule has 0 radical (unpaired) electrons. The molecule has 0 fully saturated rings. The number of rotatable bonds is 67. The zero-order chi connectivity index (χ0) is 63.5. The van der Waals surface area contributed by atoms with Crippen LogP contribution in [0, 0.1) is 5.92 Å². The summed E-state index contributed by atoms with van der Waals surface area (Å²) in [6.45, 7) is 7.15. The molecule has 0 spiro atoms. The van der Waals surface area contributed by atoms with Crippen LogP contribution in [0.25, 0.3) is 0 Å². The number of esters is 4. The lowest BCUT2D eigenvalue weighted by molar-refractivity contribution is -0.161. The second-order valence-corrected chi connectivity index (χ2v) is 27.6. The van der Waals surface area contributed by atoms with Crippen LogP contribution in [-0.2, 0) is 65.4 Å². The number of ether oxygens (including phenoxy) is 4. The van der Waals surface area contributed by atoms with Gasteiger partial charge in [0.25, 0.3) is 0 Å². The molecule has 86 heavy (non-hydrogen) atoms. The van der Waals surface area contributed by atoms with Crippen LogP contribution in [0.15, 0.2) is 0 Å². The average Bonchev–Trinajstić information content (AvgIpc) is 3.53. The number of phosphoric acid groups is 2. The first-order valence-corrected chi connectivity index (χ1v) is 38.1. The van der Waals surface area contributed by atoms with E-state index in [1.807, 2.05) is 0 Å². The summed E-state index contributed by atoms with van der Waals surface area (Å²) in [5.74, 6) is -1.41. The topological polar surface area (TPSA) is 237 Å². The van der Waals surface area contributed by atoms with E-state index in [1.54, 1.807) is 0 Å². The van der Waals surface area contributed by atoms with E-state index in [4.69, 9.17) is 37.0 Å². The van der Waals surface area contributed by atoms with Crippen molar-refractivity contribution in [1.82, 2.24) is 0 Å². The van der Waals surface area contributed by atoms with Gasteiger partial charge in [0.05, 0.1) is 26.4 Å². The van der Waals surface area contributed by atoms with Gasteiger partial charge in [-0.3, -0.25) is 37.3 Å². The first-order valence-electron chi connectivity index (χ1n) is 35.1. The minimum Gasteiger partial charge on any atom is -0.462 e. The van der Waals surface area contributed by atoms with Crippen molar-refractivity contribution in [2.75, 3.05) is 39.6 Å². The Balaban J connectivity index is 5.21. The first-order chi connectivity index (χ1) is 41.5. The van der Waals surface area contributed by atoms with Crippen LogP contribution in [0.4, 0.5) is 0 Å². The number of aliphatic hydroxyl groups excluding tert-OH is 1. The van der Waals surface area contributed by atoms with Gasteiger partial charge in [-0.2, -0.15) is 0 Å². The fourth-order valence-corrected chi connectivity index (χ4v) is 11.7. The fraction of sp³-hybridized carbons (Fsp3) is 0.940. The van der Waals surface area contributed by atoms with Gasteiger partial charge >= 0.3 is 39.5 Å². The molecule has 510 valence electrons. The normalized spacial score (nSPS) is 14.2. The molecule has 0 rings (SSSR count). The van der Waals surface area contributed by atoms with E-state index < -0.39 is 97.5 Å². The van der Waals surface area contributed by atoms with Gasteiger partial charge in [0.15, 0.2) is 12.2 Å². The molecule has 17 nitrogen and oxygen atoms in total. The summed E-state index contributed by atoms with van der Waals surface area (Å²) in [4.78, 5) is 72.3. The number of phosphoric ester groups is 2. The Bertz CT molecular complexity index is 1670. The molecule has 19 heteroatoms. The molecule has 0 aromatic heterocycles. The van der Waals surface area contributed by atoms with Gasteiger partial charge < -0.3 is 33.8 Å². The third kappa shape index (κ3) is 60.9. The summed E-state index contributed by atoms with van der Waals surface area (Å²) in [6.07, 6.45) is 45.9. The first kappa shape index (κ1) is 84.1. The van der Waals surface area contributed by atoms with Gasteiger partial charge in [-0.1, -0.05) is 291 Å². The van der Waals surface area contributed by atoms with E-state index in [9.17, 15) is 43.2 Å². The number of carbonyl (C=O) groups excluding carboxylic acids is 4. The summed E-state index contributed by atoms with van der Waals surface area (Å²) < 4.78 is 68.1. The highest BCUT2D eigenvalue weighted by atomic mass is 31.2. The minimum atomic E-state index is -4.95. The highest BCUT2D eigenvalue weighted by Gasteiger charge is 2.30. The Morgan fingerprint density at radius 1 is 0.314 bits per heavy atom. The van der Waals surface area contributed by atoms with Crippen LogP contribution >= 0.6 is 15.6 Å². The standard InChI is InChI=1S/C67H130O17P2/c1-6-9-12-15-18-20-22-24-25-27-29-31-37-42-47-52-66(71)83-63(57-78-65(70)51-46-41-36-30-28-26-23-21-19-16-13-10-7-2)59-82-86(75,76)80-55-61(68)54-79-85(73,74)81-58-62(56-77-64(69)50-45-40-34-17-14-11-8-3)84-67(72)53-48-43-38-33-32-35-39-44-49-60(4)5/h60-63,68H,6-59H2,1-5H3,(H,73,74)(H,75,76)/t61-,62+,63+/m0/s1. The van der Waals surface area contributed by atoms with Crippen LogP contribution in [-0.4, -0.2) is 96.7 Å². The van der Waals surface area contributed by atoms with Crippen molar-refractivity contribution < 1.29 is 80.2 Å². The molecule has 0 saturated carbocycles. The van der Waals surface area contributed by atoms with Gasteiger partial charge in [-0.05, 0) is 31.6 Å². The molecule has 0 aromatic rings. The third-order valence-corrected chi connectivity index (χ3v) is 17.4. The molecule has 0 saturated heterocycles. The third-order valence-electron chi connectivity index (χ3n) is 15.5. The van der Waals surface area contributed by atoms with Crippen molar-refractivity contribution in [2.24, 2.45) is 5.92 Å². The molecule has 0 aliphatic carbocycles. The number of unbranched alkanes of at least 4 members (excludes halogenated alkanes) is 39. The van der Waals surface area contributed by atoms with E-state index in [-0.39, 0.29) is 25.7 Å². The van der Waals surface area contributed by atoms with Crippen molar-refractivity contribution in [3.8, 4) is 0 Å². The molecular formula is C67H130O17P2. The van der Waals surface area contributed by atoms with Gasteiger partial charge in [0.2, 0.25) is 0 Å². The summed E-state index contributed by atoms with van der Waals surface area (Å²) in [5, 5.41) is 10.5. The van der Waals surface area contributed by atoms with Crippen molar-refractivity contribution in [3.63, 3.8) is 0 Å². The van der Waals surface area contributed by atoms with Crippen molar-refractivity contribution >= 4 is 39.5 Å². The van der Waals surface area contributed by atoms with Crippen LogP contribution in [0.2, 0.25) is 0 Å². The molecule has 2 unspecified atom stereocenters. The van der Waals surface area contributed by atoms with E-state index in [0.717, 1.165) is 109 Å². The lowest BCUT2D eigenvalue weighted by Crippen LogP contribution is -2.30. The Morgan fingerprint density at radius 2 is 0.535 bits per heavy atom. The number of carbonyl (C=O) groups is 4. The van der Waals surface area contributed by atoms with Gasteiger partial charge in [-0.15, -0.1) is 0 Å². The lowest BCUT2D eigenvalue weighted by Gasteiger charge is -2.21. The van der Waals surface area contributed by atoms with E-state index >= 15 is 0 Å². The Kier molecular flexibility index (Phi) is 59.2. The van der Waals surface area contributed by atoms with Crippen LogP contribution < -0.4 is 0 Å². The zero-order valence-corrected chi connectivity index (χ0v) is 57.2. The van der Waals surface area contributed by atoms with Gasteiger partial charge in [-0.25, -0.2) is 9.13 Å². The number of aliphatic hydroxyl groups is 1. The SMILES string of the molecule is CCCCCCCCCCCCCCCCCC(=O)O[C@H](COC(=O)CCCCCCCCCCCCCCC)COP(=O)(O)OC[C@@H](O)COP(=O)(O)OC[C@@H](COC(=O)CCCCCCCCC)OC(=O)CCCCCCCCCCC(C)C. The largest absolute Gasteiger partial charge is 0.472 e. The summed E-state index contributed by atoms with van der Waals surface area (Å²) >= 11 is 0. The zero-order valence-electron chi connectivity index (χ0n) is 55.4. The lowest BCUT2D eigenvalue weighted by atomic mass is 10.0. The van der Waals surface area contributed by atoms with E-state index in [2.05, 4.69) is 34.6 Å².